The molecule has 0 aromatic heterocycles. The highest BCUT2D eigenvalue weighted by Gasteiger charge is 2.23. The molecule has 14 heavy (non-hydrogen) atoms. The third-order valence-electron chi connectivity index (χ3n) is 2.03. The molecule has 0 aliphatic carbocycles. The Bertz CT molecular complexity index is 316. The van der Waals surface area contributed by atoms with Crippen LogP contribution in [-0.2, 0) is 10.5 Å². The largest absolute Gasteiger partial charge is 0.303 e. The second-order valence-corrected chi connectivity index (χ2v) is 3.89. The highest BCUT2D eigenvalue weighted by atomic mass is 31.0. The molecule has 1 nitrogen and oxygen atoms in total. The van der Waals surface area contributed by atoms with Gasteiger partial charge in [0.05, 0.1) is 0 Å². The molecule has 2 atom stereocenters. The molecule has 2 unspecified atom stereocenters. The number of aldehydes is 1. The van der Waals surface area contributed by atoms with Gasteiger partial charge in [-0.1, -0.05) is 40.4 Å². The van der Waals surface area contributed by atoms with Crippen molar-refractivity contribution in [1.29, 1.82) is 0 Å². The van der Waals surface area contributed by atoms with Gasteiger partial charge in [-0.05, 0) is 5.56 Å². The van der Waals surface area contributed by atoms with Crippen LogP contribution in [0.3, 0.4) is 0 Å². The summed E-state index contributed by atoms with van der Waals surface area (Å²) in [6, 6.07) is 5.77. The smallest absolute Gasteiger partial charge is 0.283 e. The van der Waals surface area contributed by atoms with Gasteiger partial charge in [-0.2, -0.15) is 8.78 Å². The van der Waals surface area contributed by atoms with Crippen molar-refractivity contribution in [3.63, 3.8) is 0 Å². The van der Waals surface area contributed by atoms with E-state index in [9.17, 15) is 13.6 Å². The van der Waals surface area contributed by atoms with Crippen LogP contribution in [0.1, 0.15) is 24.0 Å². The molecule has 0 aliphatic rings. The van der Waals surface area contributed by atoms with Gasteiger partial charge in [-0.15, -0.1) is 0 Å². The molecular weight excluding hydrogens is 205 g/mol. The van der Waals surface area contributed by atoms with E-state index in [1.807, 2.05) is 0 Å². The van der Waals surface area contributed by atoms with Crippen molar-refractivity contribution in [2.24, 2.45) is 0 Å². The summed E-state index contributed by atoms with van der Waals surface area (Å²) in [5.41, 5.74) is -2.22. The van der Waals surface area contributed by atoms with Crippen molar-refractivity contribution < 1.29 is 13.6 Å². The summed E-state index contributed by atoms with van der Waals surface area (Å²) >= 11 is 0. The second-order valence-electron chi connectivity index (χ2n) is 3.17. The molecule has 0 amide bonds. The number of carbonyl (C=O) groups is 1. The average molecular weight is 216 g/mol. The molecule has 1 aromatic carbocycles. The Morgan fingerprint density at radius 2 is 1.86 bits per heavy atom. The van der Waals surface area contributed by atoms with E-state index in [1.54, 1.807) is 19.1 Å². The van der Waals surface area contributed by atoms with Crippen LogP contribution in [0.4, 0.5) is 8.78 Å². The summed E-state index contributed by atoms with van der Waals surface area (Å²) in [4.78, 5) is 10.4. The molecule has 0 saturated heterocycles. The second kappa shape index (κ2) is 4.14. The molecule has 0 heterocycles. The minimum atomic E-state index is -2.90. The Morgan fingerprint density at radius 1 is 1.36 bits per heavy atom. The number of rotatable bonds is 3. The lowest BCUT2D eigenvalue weighted by Crippen LogP contribution is -2.03. The standard InChI is InChI=1S/C10H11F2OP/c1-7(6-13)8-2-4-9(5-3-8)10(11,12)14/h2-7H,14H2,1H3. The lowest BCUT2D eigenvalue weighted by molar-refractivity contribution is -0.108. The highest BCUT2D eigenvalue weighted by Crippen LogP contribution is 2.34. The monoisotopic (exact) mass is 216 g/mol. The van der Waals surface area contributed by atoms with Crippen molar-refractivity contribution in [1.82, 2.24) is 0 Å². The molecule has 0 fully saturated rings. The Morgan fingerprint density at radius 3 is 2.21 bits per heavy atom. The summed E-state index contributed by atoms with van der Waals surface area (Å²) < 4.78 is 25.5. The van der Waals surface area contributed by atoms with Gasteiger partial charge in [0, 0.05) is 11.5 Å². The molecule has 4 heteroatoms. The zero-order valence-corrected chi connectivity index (χ0v) is 8.86. The third kappa shape index (κ3) is 2.58. The number of halogens is 2. The van der Waals surface area contributed by atoms with Crippen LogP contribution in [0.2, 0.25) is 0 Å². The predicted octanol–water partition coefficient (Wildman–Crippen LogP) is 2.91. The van der Waals surface area contributed by atoms with Gasteiger partial charge in [0.25, 0.3) is 5.66 Å². The number of benzene rings is 1. The SMILES string of the molecule is CC(C=O)c1ccc(C(F)(F)P)cc1. The van der Waals surface area contributed by atoms with Crippen molar-refractivity contribution in [2.45, 2.75) is 18.5 Å². The van der Waals surface area contributed by atoms with E-state index in [4.69, 9.17) is 0 Å². The van der Waals surface area contributed by atoms with Gasteiger partial charge < -0.3 is 4.79 Å². The lowest BCUT2D eigenvalue weighted by atomic mass is 10.0. The average Bonchev–Trinajstić information content (AvgIpc) is 2.15. The molecule has 0 spiro atoms. The molecule has 0 N–H and O–H groups in total. The van der Waals surface area contributed by atoms with Crippen LogP contribution >= 0.6 is 9.24 Å². The first-order valence-corrected chi connectivity index (χ1v) is 4.75. The maximum atomic E-state index is 12.8. The van der Waals surface area contributed by atoms with E-state index in [0.717, 1.165) is 11.8 Å². The van der Waals surface area contributed by atoms with E-state index in [0.29, 0.717) is 0 Å². The summed E-state index contributed by atoms with van der Waals surface area (Å²) in [5.74, 6) is -0.248. The van der Waals surface area contributed by atoms with Gasteiger partial charge >= 0.3 is 0 Å². The first-order chi connectivity index (χ1) is 6.45. The normalized spacial score (nSPS) is 13.7. The van der Waals surface area contributed by atoms with Gasteiger partial charge in [0.15, 0.2) is 0 Å². The maximum absolute atomic E-state index is 12.8. The summed E-state index contributed by atoms with van der Waals surface area (Å²) in [6.45, 7) is 1.72. The van der Waals surface area contributed by atoms with Gasteiger partial charge in [-0.25, -0.2) is 0 Å². The fraction of sp³-hybridized carbons (Fsp3) is 0.300. The lowest BCUT2D eigenvalue weighted by Gasteiger charge is -2.11. The molecule has 1 aromatic rings. The third-order valence-corrected chi connectivity index (χ3v) is 2.36. The molecular formula is C10H11F2OP. The van der Waals surface area contributed by atoms with Crippen molar-refractivity contribution in [2.75, 3.05) is 0 Å². The van der Waals surface area contributed by atoms with Crippen LogP contribution < -0.4 is 0 Å². The van der Waals surface area contributed by atoms with Crippen molar-refractivity contribution >= 4 is 15.5 Å². The Hall–Kier alpha value is -0.820. The first kappa shape index (κ1) is 11.3. The fourth-order valence-electron chi connectivity index (χ4n) is 1.09. The first-order valence-electron chi connectivity index (χ1n) is 4.17. The zero-order valence-electron chi connectivity index (χ0n) is 7.71. The van der Waals surface area contributed by atoms with Crippen LogP contribution in [0, 0.1) is 0 Å². The number of carbonyl (C=O) groups excluding carboxylic acids is 1. The van der Waals surface area contributed by atoms with Gasteiger partial charge in [0.2, 0.25) is 0 Å². The number of alkyl halides is 2. The molecule has 76 valence electrons. The summed E-state index contributed by atoms with van der Waals surface area (Å²) in [6.07, 6.45) is 0.786. The van der Waals surface area contributed by atoms with Crippen LogP contribution in [0.25, 0.3) is 0 Å². The fourth-order valence-corrected chi connectivity index (χ4v) is 1.28. The molecule has 0 aliphatic heterocycles. The number of hydrogen-bond donors (Lipinski definition) is 0. The van der Waals surface area contributed by atoms with Crippen LogP contribution in [-0.4, -0.2) is 6.29 Å². The van der Waals surface area contributed by atoms with E-state index in [1.165, 1.54) is 21.4 Å². The topological polar surface area (TPSA) is 17.1 Å². The highest BCUT2D eigenvalue weighted by molar-refractivity contribution is 7.17. The minimum Gasteiger partial charge on any atom is -0.303 e. The van der Waals surface area contributed by atoms with Crippen LogP contribution in [0.5, 0.6) is 0 Å². The van der Waals surface area contributed by atoms with E-state index in [-0.39, 0.29) is 11.5 Å². The molecule has 0 radical (unpaired) electrons. The molecule has 0 bridgehead atoms. The predicted molar refractivity (Wildman–Crippen MR) is 54.5 cm³/mol. The quantitative estimate of drug-likeness (QED) is 0.560. The van der Waals surface area contributed by atoms with E-state index in [2.05, 4.69) is 0 Å². The Kier molecular flexibility index (Phi) is 3.33. The summed E-state index contributed by atoms with van der Waals surface area (Å²) in [5, 5.41) is 0. The molecule has 0 saturated carbocycles. The maximum Gasteiger partial charge on any atom is 0.283 e. The van der Waals surface area contributed by atoms with Gasteiger partial charge in [-0.3, -0.25) is 0 Å². The Labute approximate surface area is 83.7 Å². The zero-order chi connectivity index (χ0) is 10.8. The minimum absolute atomic E-state index is 0.0654. The van der Waals surface area contributed by atoms with Crippen LogP contribution in [0.15, 0.2) is 24.3 Å². The van der Waals surface area contributed by atoms with E-state index < -0.39 is 5.66 Å². The molecule has 1 rings (SSSR count). The van der Waals surface area contributed by atoms with Crippen molar-refractivity contribution in [3.8, 4) is 0 Å². The number of hydrogen-bond acceptors (Lipinski definition) is 1. The summed E-state index contributed by atoms with van der Waals surface area (Å²) in [7, 11) is 1.48. The van der Waals surface area contributed by atoms with Gasteiger partial charge in [0.1, 0.15) is 6.29 Å². The Balaban J connectivity index is 2.95. The van der Waals surface area contributed by atoms with E-state index >= 15 is 0 Å². The van der Waals surface area contributed by atoms with Crippen molar-refractivity contribution in [3.05, 3.63) is 35.4 Å².